The zero-order valence-corrected chi connectivity index (χ0v) is 15.8. The van der Waals surface area contributed by atoms with Crippen molar-refractivity contribution in [1.29, 1.82) is 0 Å². The molecule has 0 aromatic heterocycles. The topological polar surface area (TPSA) is 75.4 Å². The SMILES string of the molecule is CC(=O)N(Cc1ccc(NC(=O)CCCCCCN)cc1)C1CC1.Cl. The van der Waals surface area contributed by atoms with E-state index in [-0.39, 0.29) is 24.2 Å². The number of benzene rings is 1. The fraction of sp³-hybridized carbons (Fsp3) is 0.579. The highest BCUT2D eigenvalue weighted by Crippen LogP contribution is 2.28. The molecule has 6 heteroatoms. The van der Waals surface area contributed by atoms with Crippen molar-refractivity contribution in [3.05, 3.63) is 29.8 Å². The van der Waals surface area contributed by atoms with Gasteiger partial charge in [-0.05, 0) is 49.9 Å². The number of carbonyl (C=O) groups is 2. The maximum Gasteiger partial charge on any atom is 0.224 e. The Hall–Kier alpha value is -1.59. The Labute approximate surface area is 156 Å². The highest BCUT2D eigenvalue weighted by Gasteiger charge is 2.30. The van der Waals surface area contributed by atoms with Gasteiger partial charge in [0, 0.05) is 31.6 Å². The van der Waals surface area contributed by atoms with Crippen molar-refractivity contribution in [2.24, 2.45) is 5.73 Å². The fourth-order valence-electron chi connectivity index (χ4n) is 2.78. The van der Waals surface area contributed by atoms with Crippen LogP contribution in [0.15, 0.2) is 24.3 Å². The Kier molecular flexibility index (Phi) is 9.53. The molecule has 1 saturated carbocycles. The van der Waals surface area contributed by atoms with Gasteiger partial charge in [-0.3, -0.25) is 9.59 Å². The molecule has 140 valence electrons. The number of amides is 2. The molecule has 0 radical (unpaired) electrons. The summed E-state index contributed by atoms with van der Waals surface area (Å²) in [4.78, 5) is 25.5. The summed E-state index contributed by atoms with van der Waals surface area (Å²) in [5, 5.41) is 2.93. The number of rotatable bonds is 10. The molecule has 0 atom stereocenters. The van der Waals surface area contributed by atoms with Crippen LogP contribution in [-0.2, 0) is 16.1 Å². The normalized spacial score (nSPS) is 13.0. The van der Waals surface area contributed by atoms with E-state index in [4.69, 9.17) is 5.73 Å². The van der Waals surface area contributed by atoms with Gasteiger partial charge in [-0.25, -0.2) is 0 Å². The monoisotopic (exact) mass is 367 g/mol. The van der Waals surface area contributed by atoms with Crippen LogP contribution in [-0.4, -0.2) is 29.3 Å². The van der Waals surface area contributed by atoms with E-state index in [0.717, 1.165) is 56.3 Å². The molecule has 1 aliphatic carbocycles. The van der Waals surface area contributed by atoms with Crippen LogP contribution in [0.3, 0.4) is 0 Å². The van der Waals surface area contributed by atoms with Gasteiger partial charge in [-0.15, -0.1) is 12.4 Å². The molecular weight excluding hydrogens is 338 g/mol. The van der Waals surface area contributed by atoms with Crippen LogP contribution in [0.5, 0.6) is 0 Å². The molecule has 2 amide bonds. The zero-order valence-electron chi connectivity index (χ0n) is 15.0. The van der Waals surface area contributed by atoms with Crippen molar-refractivity contribution in [3.8, 4) is 0 Å². The van der Waals surface area contributed by atoms with E-state index in [1.54, 1.807) is 6.92 Å². The van der Waals surface area contributed by atoms with Crippen molar-refractivity contribution in [3.63, 3.8) is 0 Å². The minimum atomic E-state index is 0. The fourth-order valence-corrected chi connectivity index (χ4v) is 2.78. The highest BCUT2D eigenvalue weighted by molar-refractivity contribution is 5.90. The number of hydrogen-bond donors (Lipinski definition) is 2. The quantitative estimate of drug-likeness (QED) is 0.622. The lowest BCUT2D eigenvalue weighted by atomic mass is 10.1. The van der Waals surface area contributed by atoms with Crippen LogP contribution in [0.1, 0.15) is 57.4 Å². The molecule has 1 aliphatic rings. The largest absolute Gasteiger partial charge is 0.336 e. The summed E-state index contributed by atoms with van der Waals surface area (Å²) in [5.41, 5.74) is 7.36. The summed E-state index contributed by atoms with van der Waals surface area (Å²) >= 11 is 0. The maximum absolute atomic E-state index is 11.9. The Balaban J connectivity index is 0.00000312. The maximum atomic E-state index is 11.9. The molecule has 0 unspecified atom stereocenters. The summed E-state index contributed by atoms with van der Waals surface area (Å²) in [5.74, 6) is 0.184. The molecule has 1 fully saturated rings. The molecule has 3 N–H and O–H groups in total. The molecule has 25 heavy (non-hydrogen) atoms. The summed E-state index contributed by atoms with van der Waals surface area (Å²) in [6.45, 7) is 3.00. The van der Waals surface area contributed by atoms with Crippen LogP contribution < -0.4 is 11.1 Å². The molecule has 0 saturated heterocycles. The lowest BCUT2D eigenvalue weighted by Gasteiger charge is -2.20. The Morgan fingerprint density at radius 1 is 1.12 bits per heavy atom. The van der Waals surface area contributed by atoms with Crippen molar-refractivity contribution >= 4 is 29.9 Å². The van der Waals surface area contributed by atoms with Gasteiger partial charge in [0.25, 0.3) is 0 Å². The Morgan fingerprint density at radius 2 is 1.76 bits per heavy atom. The van der Waals surface area contributed by atoms with Crippen LogP contribution in [0.2, 0.25) is 0 Å². The number of nitrogens with one attached hydrogen (secondary N) is 1. The van der Waals surface area contributed by atoms with Gasteiger partial charge in [-0.1, -0.05) is 25.0 Å². The van der Waals surface area contributed by atoms with Gasteiger partial charge in [0.15, 0.2) is 0 Å². The number of anilines is 1. The summed E-state index contributed by atoms with van der Waals surface area (Å²) in [7, 11) is 0. The highest BCUT2D eigenvalue weighted by atomic mass is 35.5. The van der Waals surface area contributed by atoms with Crippen molar-refractivity contribution in [2.75, 3.05) is 11.9 Å². The van der Waals surface area contributed by atoms with E-state index in [9.17, 15) is 9.59 Å². The second-order valence-corrected chi connectivity index (χ2v) is 6.58. The number of hydrogen-bond acceptors (Lipinski definition) is 3. The molecule has 0 spiro atoms. The predicted molar refractivity (Wildman–Crippen MR) is 104 cm³/mol. The molecule has 5 nitrogen and oxygen atoms in total. The van der Waals surface area contributed by atoms with Crippen LogP contribution in [0.25, 0.3) is 0 Å². The van der Waals surface area contributed by atoms with E-state index in [0.29, 0.717) is 19.0 Å². The average Bonchev–Trinajstić information content (AvgIpc) is 3.38. The lowest BCUT2D eigenvalue weighted by Crippen LogP contribution is -2.30. The molecular formula is C19H30ClN3O2. The van der Waals surface area contributed by atoms with Crippen molar-refractivity contribution < 1.29 is 9.59 Å². The molecule has 0 aliphatic heterocycles. The third-order valence-corrected chi connectivity index (χ3v) is 4.34. The lowest BCUT2D eigenvalue weighted by molar-refractivity contribution is -0.130. The summed E-state index contributed by atoms with van der Waals surface area (Å²) < 4.78 is 0. The Morgan fingerprint density at radius 3 is 2.32 bits per heavy atom. The Bertz CT molecular complexity index is 544. The van der Waals surface area contributed by atoms with E-state index in [1.165, 1.54) is 0 Å². The van der Waals surface area contributed by atoms with Gasteiger partial charge in [-0.2, -0.15) is 0 Å². The first-order valence-electron chi connectivity index (χ1n) is 8.96. The first kappa shape index (κ1) is 21.5. The van der Waals surface area contributed by atoms with Crippen LogP contribution >= 0.6 is 12.4 Å². The standard InChI is InChI=1S/C19H29N3O2.ClH/c1-15(23)22(18-11-12-18)14-16-7-9-17(10-8-16)21-19(24)6-4-2-3-5-13-20;/h7-10,18H,2-6,11-14,20H2,1H3,(H,21,24);1H. The van der Waals surface area contributed by atoms with Gasteiger partial charge in [0.05, 0.1) is 0 Å². The van der Waals surface area contributed by atoms with E-state index < -0.39 is 0 Å². The first-order valence-corrected chi connectivity index (χ1v) is 8.96. The minimum Gasteiger partial charge on any atom is -0.336 e. The van der Waals surface area contributed by atoms with Gasteiger partial charge in [0.1, 0.15) is 0 Å². The van der Waals surface area contributed by atoms with Crippen LogP contribution in [0, 0.1) is 0 Å². The van der Waals surface area contributed by atoms with Crippen molar-refractivity contribution in [1.82, 2.24) is 4.90 Å². The predicted octanol–water partition coefficient (Wildman–Crippen LogP) is 3.47. The van der Waals surface area contributed by atoms with Gasteiger partial charge >= 0.3 is 0 Å². The second-order valence-electron chi connectivity index (χ2n) is 6.58. The number of carbonyl (C=O) groups excluding carboxylic acids is 2. The van der Waals surface area contributed by atoms with Gasteiger partial charge < -0.3 is 16.0 Å². The third kappa shape index (κ3) is 7.88. The number of unbranched alkanes of at least 4 members (excludes halogenated alkanes) is 3. The third-order valence-electron chi connectivity index (χ3n) is 4.34. The molecule has 0 bridgehead atoms. The summed E-state index contributed by atoms with van der Waals surface area (Å²) in [6.07, 6.45) is 6.84. The van der Waals surface area contributed by atoms with E-state index in [1.807, 2.05) is 29.2 Å². The van der Waals surface area contributed by atoms with E-state index in [2.05, 4.69) is 5.32 Å². The summed E-state index contributed by atoms with van der Waals surface area (Å²) in [6, 6.07) is 8.20. The number of nitrogens with two attached hydrogens (primary N) is 1. The van der Waals surface area contributed by atoms with Crippen LogP contribution in [0.4, 0.5) is 5.69 Å². The smallest absolute Gasteiger partial charge is 0.224 e. The second kappa shape index (κ2) is 11.1. The molecule has 1 aromatic carbocycles. The molecule has 2 rings (SSSR count). The molecule has 0 heterocycles. The minimum absolute atomic E-state index is 0. The van der Waals surface area contributed by atoms with Crippen molar-refractivity contribution in [2.45, 2.75) is 64.5 Å². The number of nitrogens with zero attached hydrogens (tertiary/aromatic N) is 1. The average molecular weight is 368 g/mol. The number of halogens is 1. The van der Waals surface area contributed by atoms with E-state index >= 15 is 0 Å². The van der Waals surface area contributed by atoms with Gasteiger partial charge in [0.2, 0.25) is 11.8 Å². The first-order chi connectivity index (χ1) is 11.6. The zero-order chi connectivity index (χ0) is 17.4. The molecule has 1 aromatic rings.